The summed E-state index contributed by atoms with van der Waals surface area (Å²) in [6.45, 7) is 5.86. The average Bonchev–Trinajstić information content (AvgIpc) is 3.10. The fourth-order valence-electron chi connectivity index (χ4n) is 3.15. The van der Waals surface area contributed by atoms with Crippen LogP contribution < -0.4 is 14.8 Å². The van der Waals surface area contributed by atoms with Gasteiger partial charge in [0, 0.05) is 10.8 Å². The average molecular weight is 478 g/mol. The van der Waals surface area contributed by atoms with Gasteiger partial charge in [0.2, 0.25) is 10.0 Å². The maximum Gasteiger partial charge on any atom is 0.278 e. The predicted molar refractivity (Wildman–Crippen MR) is 127 cm³/mol. The number of methoxy groups -OCH3 is 1. The van der Waals surface area contributed by atoms with Gasteiger partial charge in [-0.05, 0) is 35.2 Å². The molecule has 170 valence electrons. The molecular weight excluding hydrogens is 454 g/mol. The molecule has 32 heavy (non-hydrogen) atoms. The van der Waals surface area contributed by atoms with Crippen molar-refractivity contribution >= 4 is 54.4 Å². The van der Waals surface area contributed by atoms with Crippen LogP contribution in [0, 0.1) is 10.1 Å². The van der Waals surface area contributed by atoms with Crippen molar-refractivity contribution in [2.75, 3.05) is 23.4 Å². The SMILES string of the molecule is COc1c(NC(=O)c2cc3c([N+](=O)[O-])cccc3s2)cc(C(C)(C)C)cc1NS(C)(=O)=O. The topological polar surface area (TPSA) is 128 Å². The second kappa shape index (κ2) is 8.40. The molecule has 0 spiro atoms. The first-order valence-corrected chi connectivity index (χ1v) is 12.2. The minimum Gasteiger partial charge on any atom is -0.492 e. The van der Waals surface area contributed by atoms with Gasteiger partial charge < -0.3 is 10.1 Å². The lowest BCUT2D eigenvalue weighted by atomic mass is 9.86. The summed E-state index contributed by atoms with van der Waals surface area (Å²) in [7, 11) is -2.23. The summed E-state index contributed by atoms with van der Waals surface area (Å²) in [5.41, 5.74) is 0.821. The lowest BCUT2D eigenvalue weighted by Gasteiger charge is -2.23. The molecular formula is C21H23N3O6S2. The van der Waals surface area contributed by atoms with Crippen LogP contribution >= 0.6 is 11.3 Å². The summed E-state index contributed by atoms with van der Waals surface area (Å²) in [5, 5.41) is 14.4. The highest BCUT2D eigenvalue weighted by molar-refractivity contribution is 7.92. The van der Waals surface area contributed by atoms with E-state index in [1.54, 1.807) is 24.3 Å². The molecule has 2 aromatic carbocycles. The minimum atomic E-state index is -3.60. The third-order valence-electron chi connectivity index (χ3n) is 4.66. The third kappa shape index (κ3) is 5.00. The van der Waals surface area contributed by atoms with Gasteiger partial charge in [0.25, 0.3) is 11.6 Å². The number of sulfonamides is 1. The highest BCUT2D eigenvalue weighted by Gasteiger charge is 2.23. The number of carbonyl (C=O) groups excluding carboxylic acids is 1. The standard InChI is InChI=1S/C21H23N3O6S2/c1-21(2,3)12-9-14(19(30-4)15(10-12)23-32(5,28)29)22-20(25)18-11-13-16(24(26)27)7-6-8-17(13)31-18/h6-11,23H,1-5H3,(H,22,25). The van der Waals surface area contributed by atoms with Crippen molar-refractivity contribution in [1.82, 2.24) is 0 Å². The monoisotopic (exact) mass is 477 g/mol. The van der Waals surface area contributed by atoms with E-state index in [4.69, 9.17) is 4.74 Å². The Labute approximate surface area is 189 Å². The lowest BCUT2D eigenvalue weighted by molar-refractivity contribution is -0.383. The molecule has 2 N–H and O–H groups in total. The van der Waals surface area contributed by atoms with Crippen LogP contribution in [0.25, 0.3) is 10.1 Å². The number of nitro benzene ring substituents is 1. The molecule has 0 atom stereocenters. The lowest BCUT2D eigenvalue weighted by Crippen LogP contribution is -2.18. The van der Waals surface area contributed by atoms with Crippen molar-refractivity contribution in [2.45, 2.75) is 26.2 Å². The number of anilines is 2. The Kier molecular flexibility index (Phi) is 6.16. The zero-order chi connectivity index (χ0) is 23.8. The molecule has 0 bridgehead atoms. The molecule has 1 aromatic heterocycles. The van der Waals surface area contributed by atoms with Gasteiger partial charge >= 0.3 is 0 Å². The maximum atomic E-state index is 13.0. The third-order valence-corrected chi connectivity index (χ3v) is 6.35. The van der Waals surface area contributed by atoms with Crippen LogP contribution in [0.5, 0.6) is 5.75 Å². The highest BCUT2D eigenvalue weighted by Crippen LogP contribution is 2.40. The molecule has 0 radical (unpaired) electrons. The quantitative estimate of drug-likeness (QED) is 0.390. The van der Waals surface area contributed by atoms with Crippen molar-refractivity contribution in [1.29, 1.82) is 0 Å². The number of hydrogen-bond donors (Lipinski definition) is 2. The Morgan fingerprint density at radius 3 is 2.38 bits per heavy atom. The highest BCUT2D eigenvalue weighted by atomic mass is 32.2. The Bertz CT molecular complexity index is 1320. The van der Waals surface area contributed by atoms with Crippen molar-refractivity contribution in [3.05, 3.63) is 57.0 Å². The minimum absolute atomic E-state index is 0.0789. The number of carbonyl (C=O) groups is 1. The van der Waals surface area contributed by atoms with E-state index < -0.39 is 20.9 Å². The van der Waals surface area contributed by atoms with Gasteiger partial charge in [-0.15, -0.1) is 11.3 Å². The smallest absolute Gasteiger partial charge is 0.278 e. The first kappa shape index (κ1) is 23.5. The summed E-state index contributed by atoms with van der Waals surface area (Å²) >= 11 is 1.12. The van der Waals surface area contributed by atoms with E-state index in [1.807, 2.05) is 20.8 Å². The number of benzene rings is 2. The predicted octanol–water partition coefficient (Wildman–Crippen LogP) is 4.74. The second-order valence-electron chi connectivity index (χ2n) is 8.24. The Hall–Kier alpha value is -3.18. The first-order chi connectivity index (χ1) is 14.8. The van der Waals surface area contributed by atoms with Crippen molar-refractivity contribution in [2.24, 2.45) is 0 Å². The van der Waals surface area contributed by atoms with Crippen LogP contribution in [0.1, 0.15) is 36.0 Å². The molecule has 9 nitrogen and oxygen atoms in total. The zero-order valence-electron chi connectivity index (χ0n) is 18.2. The maximum absolute atomic E-state index is 13.0. The van der Waals surface area contributed by atoms with Crippen molar-refractivity contribution < 1.29 is 22.9 Å². The number of ether oxygens (including phenoxy) is 1. The van der Waals surface area contributed by atoms with Crippen molar-refractivity contribution in [3.63, 3.8) is 0 Å². The van der Waals surface area contributed by atoms with Crippen LogP contribution in [-0.4, -0.2) is 32.6 Å². The summed E-state index contributed by atoms with van der Waals surface area (Å²) in [5.74, 6) is -0.334. The molecule has 0 saturated heterocycles. The van der Waals surface area contributed by atoms with Crippen LogP contribution in [0.15, 0.2) is 36.4 Å². The number of nitro groups is 1. The zero-order valence-corrected chi connectivity index (χ0v) is 19.8. The van der Waals surface area contributed by atoms with E-state index in [2.05, 4.69) is 10.0 Å². The molecule has 1 amide bonds. The molecule has 0 fully saturated rings. The van der Waals surface area contributed by atoms with Gasteiger partial charge in [-0.2, -0.15) is 0 Å². The van der Waals surface area contributed by atoms with Gasteiger partial charge in [0.05, 0.1) is 39.9 Å². The summed E-state index contributed by atoms with van der Waals surface area (Å²) in [4.78, 5) is 24.1. The fourth-order valence-corrected chi connectivity index (χ4v) is 4.68. The van der Waals surface area contributed by atoms with Crippen LogP contribution in [0.4, 0.5) is 17.1 Å². The van der Waals surface area contributed by atoms with E-state index in [0.29, 0.717) is 10.1 Å². The first-order valence-electron chi connectivity index (χ1n) is 9.49. The van der Waals surface area contributed by atoms with Gasteiger partial charge in [0.1, 0.15) is 0 Å². The van der Waals surface area contributed by atoms with Crippen LogP contribution in [0.2, 0.25) is 0 Å². The molecule has 0 unspecified atom stereocenters. The molecule has 0 aliphatic rings. The van der Waals surface area contributed by atoms with Crippen LogP contribution in [0.3, 0.4) is 0 Å². The number of amides is 1. The number of fused-ring (bicyclic) bond motifs is 1. The molecule has 1 heterocycles. The number of non-ortho nitro benzene ring substituents is 1. The van der Waals surface area contributed by atoms with Gasteiger partial charge in [-0.25, -0.2) is 8.42 Å². The van der Waals surface area contributed by atoms with E-state index in [9.17, 15) is 23.3 Å². The normalized spacial score (nSPS) is 11.9. The molecule has 0 aliphatic carbocycles. The largest absolute Gasteiger partial charge is 0.492 e. The van der Waals surface area contributed by atoms with Gasteiger partial charge in [-0.3, -0.25) is 19.6 Å². The number of rotatable bonds is 6. The number of thiophene rings is 1. The Morgan fingerprint density at radius 2 is 1.81 bits per heavy atom. The molecule has 0 saturated carbocycles. The van der Waals surface area contributed by atoms with Gasteiger partial charge in [-0.1, -0.05) is 26.8 Å². The molecule has 0 aliphatic heterocycles. The van der Waals surface area contributed by atoms with Gasteiger partial charge in [0.15, 0.2) is 5.75 Å². The molecule has 11 heteroatoms. The van der Waals surface area contributed by atoms with E-state index >= 15 is 0 Å². The Balaban J connectivity index is 2.08. The van der Waals surface area contributed by atoms with E-state index in [-0.39, 0.29) is 33.1 Å². The van der Waals surface area contributed by atoms with Crippen molar-refractivity contribution in [3.8, 4) is 5.75 Å². The second-order valence-corrected chi connectivity index (χ2v) is 11.1. The number of nitrogens with zero attached hydrogens (tertiary/aromatic N) is 1. The Morgan fingerprint density at radius 1 is 1.16 bits per heavy atom. The molecule has 3 aromatic rings. The number of hydrogen-bond acceptors (Lipinski definition) is 7. The fraction of sp³-hybridized carbons (Fsp3) is 0.286. The summed E-state index contributed by atoms with van der Waals surface area (Å²) < 4.78 is 32.2. The number of nitrogens with one attached hydrogen (secondary N) is 2. The molecule has 3 rings (SSSR count). The van der Waals surface area contributed by atoms with E-state index in [0.717, 1.165) is 23.2 Å². The van der Waals surface area contributed by atoms with Crippen LogP contribution in [-0.2, 0) is 15.4 Å². The summed E-state index contributed by atoms with van der Waals surface area (Å²) in [6, 6.07) is 9.52. The van der Waals surface area contributed by atoms with E-state index in [1.165, 1.54) is 19.2 Å². The summed E-state index contributed by atoms with van der Waals surface area (Å²) in [6.07, 6.45) is 1.03.